The number of urea groups is 1. The van der Waals surface area contributed by atoms with Gasteiger partial charge in [0.2, 0.25) is 5.91 Å². The van der Waals surface area contributed by atoms with Crippen LogP contribution in [0.1, 0.15) is 22.9 Å². The summed E-state index contributed by atoms with van der Waals surface area (Å²) in [5, 5.41) is 5.44. The Balaban J connectivity index is 2.11. The van der Waals surface area contributed by atoms with E-state index in [9.17, 15) is 14.0 Å². The van der Waals surface area contributed by atoms with E-state index in [1.165, 1.54) is 29.5 Å². The van der Waals surface area contributed by atoms with E-state index in [-0.39, 0.29) is 12.0 Å². The summed E-state index contributed by atoms with van der Waals surface area (Å²) in [5.41, 5.74) is 5.30. The number of nitrogens with one attached hydrogen (secondary N) is 2. The molecule has 4 N–H and O–H groups in total. The van der Waals surface area contributed by atoms with Crippen molar-refractivity contribution in [3.05, 3.63) is 46.7 Å². The molecule has 1 atom stereocenters. The molecule has 0 saturated heterocycles. The Morgan fingerprint density at radius 1 is 1.41 bits per heavy atom. The molecule has 22 heavy (non-hydrogen) atoms. The summed E-state index contributed by atoms with van der Waals surface area (Å²) < 4.78 is 13.8. The van der Waals surface area contributed by atoms with E-state index in [2.05, 4.69) is 15.6 Å². The smallest absolute Gasteiger partial charge is 0.312 e. The van der Waals surface area contributed by atoms with Gasteiger partial charge in [-0.05, 0) is 13.0 Å². The van der Waals surface area contributed by atoms with Gasteiger partial charge in [0.1, 0.15) is 5.82 Å². The summed E-state index contributed by atoms with van der Waals surface area (Å²) in [5.74, 6) is -0.907. The molecule has 1 heterocycles. The lowest BCUT2D eigenvalue weighted by molar-refractivity contribution is -0.116. The van der Waals surface area contributed by atoms with Crippen molar-refractivity contribution in [3.63, 3.8) is 0 Å². The predicted molar refractivity (Wildman–Crippen MR) is 82.0 cm³/mol. The molecule has 0 aliphatic carbocycles. The van der Waals surface area contributed by atoms with Crippen LogP contribution in [-0.2, 0) is 4.79 Å². The maximum absolute atomic E-state index is 13.8. The van der Waals surface area contributed by atoms with Gasteiger partial charge in [-0.25, -0.2) is 14.2 Å². The fraction of sp³-hybridized carbons (Fsp3) is 0.214. The second-order valence-corrected chi connectivity index (χ2v) is 5.85. The molecule has 0 saturated carbocycles. The Kier molecular flexibility index (Phi) is 5.05. The summed E-state index contributed by atoms with van der Waals surface area (Å²) in [6.07, 6.45) is 1.48. The largest absolute Gasteiger partial charge is 0.352 e. The van der Waals surface area contributed by atoms with Crippen LogP contribution in [0.5, 0.6) is 0 Å². The van der Waals surface area contributed by atoms with Crippen molar-refractivity contribution in [1.82, 2.24) is 10.3 Å². The Bertz CT molecular complexity index is 689. The van der Waals surface area contributed by atoms with Crippen LogP contribution in [0.4, 0.5) is 14.3 Å². The number of aromatic nitrogens is 1. The first-order chi connectivity index (χ1) is 10.5. The second kappa shape index (κ2) is 6.99. The normalized spacial score (nSPS) is 11.7. The Morgan fingerprint density at radius 3 is 2.73 bits per heavy atom. The fourth-order valence-corrected chi connectivity index (χ4v) is 2.62. The quantitative estimate of drug-likeness (QED) is 0.788. The first-order valence-corrected chi connectivity index (χ1v) is 7.30. The zero-order valence-corrected chi connectivity index (χ0v) is 12.6. The minimum atomic E-state index is -0.847. The van der Waals surface area contributed by atoms with Crippen LogP contribution in [0.25, 0.3) is 0 Å². The minimum absolute atomic E-state index is 0.150. The number of nitrogens with zero attached hydrogens (tertiary/aromatic N) is 1. The summed E-state index contributed by atoms with van der Waals surface area (Å²) in [7, 11) is 0. The van der Waals surface area contributed by atoms with Crippen molar-refractivity contribution in [2.45, 2.75) is 19.4 Å². The molecule has 116 valence electrons. The molecule has 0 spiro atoms. The van der Waals surface area contributed by atoms with Crippen molar-refractivity contribution < 1.29 is 14.0 Å². The van der Waals surface area contributed by atoms with Gasteiger partial charge in [0.25, 0.3) is 0 Å². The van der Waals surface area contributed by atoms with Crippen molar-refractivity contribution >= 4 is 28.4 Å². The highest BCUT2D eigenvalue weighted by Gasteiger charge is 2.20. The molecule has 0 bridgehead atoms. The number of primary amides is 1. The van der Waals surface area contributed by atoms with Gasteiger partial charge in [-0.1, -0.05) is 18.2 Å². The van der Waals surface area contributed by atoms with Crippen molar-refractivity contribution in [1.29, 1.82) is 0 Å². The van der Waals surface area contributed by atoms with Gasteiger partial charge in [-0.3, -0.25) is 4.79 Å². The number of rotatable bonds is 5. The molecule has 0 fully saturated rings. The number of aryl methyl sites for hydroxylation is 1. The van der Waals surface area contributed by atoms with Gasteiger partial charge < -0.3 is 16.4 Å². The van der Waals surface area contributed by atoms with Crippen molar-refractivity contribution in [3.8, 4) is 0 Å². The van der Waals surface area contributed by atoms with E-state index >= 15 is 0 Å². The van der Waals surface area contributed by atoms with Crippen LogP contribution in [0, 0.1) is 12.7 Å². The highest BCUT2D eigenvalue weighted by Crippen LogP contribution is 2.22. The van der Waals surface area contributed by atoms with Gasteiger partial charge in [0.15, 0.2) is 5.13 Å². The lowest BCUT2D eigenvalue weighted by Crippen LogP contribution is -2.35. The molecule has 0 aliphatic rings. The number of thiazole rings is 1. The van der Waals surface area contributed by atoms with Crippen LogP contribution in [0.2, 0.25) is 0 Å². The third-order valence-corrected chi connectivity index (χ3v) is 3.68. The second-order valence-electron chi connectivity index (χ2n) is 4.61. The monoisotopic (exact) mass is 322 g/mol. The number of halogens is 1. The van der Waals surface area contributed by atoms with Gasteiger partial charge in [0, 0.05) is 16.6 Å². The molecule has 6 nitrogen and oxygen atoms in total. The van der Waals surface area contributed by atoms with E-state index in [0.29, 0.717) is 5.13 Å². The molecule has 0 unspecified atom stereocenters. The number of benzene rings is 1. The number of nitrogens with two attached hydrogens (primary N) is 1. The number of carbonyl (C=O) groups excluding carboxylic acids is 2. The Hall–Kier alpha value is -2.48. The lowest BCUT2D eigenvalue weighted by Gasteiger charge is -2.17. The predicted octanol–water partition coefficient (Wildman–Crippen LogP) is 2.33. The first kappa shape index (κ1) is 15.9. The molecule has 1 aromatic heterocycles. The Morgan fingerprint density at radius 2 is 2.14 bits per heavy atom. The number of anilines is 1. The van der Waals surface area contributed by atoms with Crippen LogP contribution in [0.3, 0.4) is 0 Å². The number of hydrogen-bond donors (Lipinski definition) is 3. The third-order valence-electron chi connectivity index (χ3n) is 2.85. The van der Waals surface area contributed by atoms with E-state index < -0.39 is 23.8 Å². The van der Waals surface area contributed by atoms with Crippen LogP contribution >= 0.6 is 11.3 Å². The average Bonchev–Trinajstić information content (AvgIpc) is 2.83. The van der Waals surface area contributed by atoms with Gasteiger partial charge in [-0.15, -0.1) is 11.3 Å². The number of amides is 3. The molecule has 8 heteroatoms. The van der Waals surface area contributed by atoms with Crippen LogP contribution < -0.4 is 16.4 Å². The first-order valence-electron chi connectivity index (χ1n) is 6.48. The molecule has 0 radical (unpaired) electrons. The van der Waals surface area contributed by atoms with Crippen molar-refractivity contribution in [2.24, 2.45) is 5.73 Å². The van der Waals surface area contributed by atoms with Gasteiger partial charge in [-0.2, -0.15) is 0 Å². The van der Waals surface area contributed by atoms with Crippen molar-refractivity contribution in [2.75, 3.05) is 5.32 Å². The molecule has 0 aliphatic heterocycles. The topological polar surface area (TPSA) is 97.1 Å². The average molecular weight is 322 g/mol. The van der Waals surface area contributed by atoms with Gasteiger partial charge >= 0.3 is 6.03 Å². The summed E-state index contributed by atoms with van der Waals surface area (Å²) in [4.78, 5) is 28.1. The zero-order chi connectivity index (χ0) is 16.1. The molecule has 2 rings (SSSR count). The molecule has 1 aromatic carbocycles. The number of carbonyl (C=O) groups is 2. The molecule has 3 amide bonds. The highest BCUT2D eigenvalue weighted by atomic mass is 32.1. The van der Waals surface area contributed by atoms with Gasteiger partial charge in [0.05, 0.1) is 12.5 Å². The number of hydrogen-bond acceptors (Lipinski definition) is 4. The third kappa shape index (κ3) is 4.26. The minimum Gasteiger partial charge on any atom is -0.352 e. The van der Waals surface area contributed by atoms with E-state index in [0.717, 1.165) is 4.88 Å². The maximum atomic E-state index is 13.8. The molecular formula is C14H15FN4O2S. The SMILES string of the molecule is Cc1cnc(NC(=O)C[C@H](NC(N)=O)c2ccccc2F)s1. The van der Waals surface area contributed by atoms with Crippen LogP contribution in [-0.4, -0.2) is 16.9 Å². The van der Waals surface area contributed by atoms with E-state index in [4.69, 9.17) is 5.73 Å². The Labute approximate surface area is 130 Å². The van der Waals surface area contributed by atoms with Crippen LogP contribution in [0.15, 0.2) is 30.5 Å². The lowest BCUT2D eigenvalue weighted by atomic mass is 10.0. The maximum Gasteiger partial charge on any atom is 0.312 e. The van der Waals surface area contributed by atoms with E-state index in [1.807, 2.05) is 6.92 Å². The standard InChI is InChI=1S/C14H15FN4O2S/c1-8-7-17-14(22-8)19-12(20)6-11(18-13(16)21)9-4-2-3-5-10(9)15/h2-5,7,11H,6H2,1H3,(H3,16,18,21)(H,17,19,20)/t11-/m0/s1. The molecule has 2 aromatic rings. The highest BCUT2D eigenvalue weighted by molar-refractivity contribution is 7.15. The zero-order valence-electron chi connectivity index (χ0n) is 11.8. The summed E-state index contributed by atoms with van der Waals surface area (Å²) in [6, 6.07) is 4.23. The fourth-order valence-electron chi connectivity index (χ4n) is 1.94. The van der Waals surface area contributed by atoms with E-state index in [1.54, 1.807) is 12.3 Å². The molecular weight excluding hydrogens is 307 g/mol. The summed E-state index contributed by atoms with van der Waals surface area (Å²) in [6.45, 7) is 1.87. The summed E-state index contributed by atoms with van der Waals surface area (Å²) >= 11 is 1.33.